The Balaban J connectivity index is 2.10. The number of fused-ring (bicyclic) bond motifs is 1. The predicted octanol–water partition coefficient (Wildman–Crippen LogP) is 2.16. The average Bonchev–Trinajstić information content (AvgIpc) is 2.17. The van der Waals surface area contributed by atoms with E-state index in [4.69, 9.17) is 4.74 Å². The van der Waals surface area contributed by atoms with Gasteiger partial charge in [0, 0.05) is 19.1 Å². The van der Waals surface area contributed by atoms with Crippen molar-refractivity contribution in [2.24, 2.45) is 5.92 Å². The molecule has 15 heavy (non-hydrogen) atoms. The van der Waals surface area contributed by atoms with E-state index in [9.17, 15) is 4.79 Å². The Morgan fingerprint density at radius 2 is 2.27 bits per heavy atom. The van der Waals surface area contributed by atoms with Crippen LogP contribution in [0, 0.1) is 5.92 Å². The summed E-state index contributed by atoms with van der Waals surface area (Å²) in [7, 11) is 0. The third-order valence-electron chi connectivity index (χ3n) is 3.56. The molecule has 0 spiro atoms. The third-order valence-corrected chi connectivity index (χ3v) is 3.56. The van der Waals surface area contributed by atoms with Gasteiger partial charge in [0.1, 0.15) is 6.23 Å². The van der Waals surface area contributed by atoms with Crippen LogP contribution in [0.3, 0.4) is 0 Å². The van der Waals surface area contributed by atoms with Gasteiger partial charge in [0.25, 0.3) is 0 Å². The van der Waals surface area contributed by atoms with Gasteiger partial charge in [-0.1, -0.05) is 6.92 Å². The molecule has 0 aromatic heterocycles. The zero-order chi connectivity index (χ0) is 10.8. The number of ether oxygens (including phenoxy) is 1. The lowest BCUT2D eigenvalue weighted by atomic mass is 9.86. The van der Waals surface area contributed by atoms with Crippen LogP contribution in [0.4, 0.5) is 0 Å². The SMILES string of the molecule is CCOC1CC(C)CC2CCCC(=O)N21. The number of rotatable bonds is 2. The highest BCUT2D eigenvalue weighted by atomic mass is 16.5. The largest absolute Gasteiger partial charge is 0.359 e. The fourth-order valence-electron chi connectivity index (χ4n) is 2.95. The number of carbonyl (C=O) groups is 1. The number of carbonyl (C=O) groups excluding carboxylic acids is 1. The van der Waals surface area contributed by atoms with E-state index in [1.807, 2.05) is 11.8 Å². The van der Waals surface area contributed by atoms with Crippen molar-refractivity contribution in [2.75, 3.05) is 6.61 Å². The maximum atomic E-state index is 11.9. The molecule has 0 radical (unpaired) electrons. The minimum Gasteiger partial charge on any atom is -0.359 e. The summed E-state index contributed by atoms with van der Waals surface area (Å²) in [4.78, 5) is 13.9. The van der Waals surface area contributed by atoms with Gasteiger partial charge in [0.05, 0.1) is 0 Å². The number of nitrogens with zero attached hydrogens (tertiary/aromatic N) is 1. The third kappa shape index (κ3) is 2.17. The summed E-state index contributed by atoms with van der Waals surface area (Å²) in [6.07, 6.45) is 5.17. The van der Waals surface area contributed by atoms with Gasteiger partial charge in [-0.15, -0.1) is 0 Å². The van der Waals surface area contributed by atoms with E-state index in [1.54, 1.807) is 0 Å². The monoisotopic (exact) mass is 211 g/mol. The smallest absolute Gasteiger partial charge is 0.224 e. The van der Waals surface area contributed by atoms with Gasteiger partial charge >= 0.3 is 0 Å². The Hall–Kier alpha value is -0.570. The van der Waals surface area contributed by atoms with Gasteiger partial charge < -0.3 is 9.64 Å². The molecule has 3 unspecified atom stereocenters. The summed E-state index contributed by atoms with van der Waals surface area (Å²) in [5.74, 6) is 0.991. The first kappa shape index (κ1) is 10.9. The Bertz CT molecular complexity index is 242. The number of piperidine rings is 2. The lowest BCUT2D eigenvalue weighted by molar-refractivity contribution is -0.165. The quantitative estimate of drug-likeness (QED) is 0.700. The van der Waals surface area contributed by atoms with Crippen molar-refractivity contribution in [3.8, 4) is 0 Å². The predicted molar refractivity (Wildman–Crippen MR) is 58.3 cm³/mol. The molecule has 0 saturated carbocycles. The van der Waals surface area contributed by atoms with Crippen LogP contribution in [-0.2, 0) is 9.53 Å². The van der Waals surface area contributed by atoms with Crippen molar-refractivity contribution in [3.05, 3.63) is 0 Å². The van der Waals surface area contributed by atoms with E-state index < -0.39 is 0 Å². The molecule has 2 fully saturated rings. The molecule has 0 bridgehead atoms. The molecule has 2 rings (SSSR count). The summed E-state index contributed by atoms with van der Waals surface area (Å²) >= 11 is 0. The molecular formula is C12H21NO2. The molecule has 3 heteroatoms. The van der Waals surface area contributed by atoms with Crippen molar-refractivity contribution in [2.45, 2.75) is 58.2 Å². The van der Waals surface area contributed by atoms with Crippen molar-refractivity contribution < 1.29 is 9.53 Å². The molecule has 2 aliphatic rings. The molecular weight excluding hydrogens is 190 g/mol. The van der Waals surface area contributed by atoms with E-state index in [1.165, 1.54) is 6.42 Å². The molecule has 1 amide bonds. The molecule has 2 aliphatic heterocycles. The fraction of sp³-hybridized carbons (Fsp3) is 0.917. The standard InChI is InChI=1S/C12H21NO2/c1-3-15-12-8-9(2)7-10-5-4-6-11(14)13(10)12/h9-10,12H,3-8H2,1-2H3. The van der Waals surface area contributed by atoms with Crippen LogP contribution in [0.15, 0.2) is 0 Å². The molecule has 2 saturated heterocycles. The van der Waals surface area contributed by atoms with E-state index in [-0.39, 0.29) is 6.23 Å². The number of amides is 1. The normalized spacial score (nSPS) is 36.5. The van der Waals surface area contributed by atoms with E-state index in [0.29, 0.717) is 30.9 Å². The molecule has 2 heterocycles. The van der Waals surface area contributed by atoms with Gasteiger partial charge in [-0.2, -0.15) is 0 Å². The summed E-state index contributed by atoms with van der Waals surface area (Å²) < 4.78 is 5.70. The molecule has 3 nitrogen and oxygen atoms in total. The molecule has 0 aromatic carbocycles. The van der Waals surface area contributed by atoms with Crippen LogP contribution in [0.2, 0.25) is 0 Å². The van der Waals surface area contributed by atoms with Crippen molar-refractivity contribution in [3.63, 3.8) is 0 Å². The number of hydrogen-bond acceptors (Lipinski definition) is 2. The Morgan fingerprint density at radius 3 is 3.00 bits per heavy atom. The maximum absolute atomic E-state index is 11.9. The molecule has 3 atom stereocenters. The maximum Gasteiger partial charge on any atom is 0.224 e. The zero-order valence-electron chi connectivity index (χ0n) is 9.74. The highest BCUT2D eigenvalue weighted by Gasteiger charge is 2.39. The summed E-state index contributed by atoms with van der Waals surface area (Å²) in [5.41, 5.74) is 0. The highest BCUT2D eigenvalue weighted by molar-refractivity contribution is 5.77. The topological polar surface area (TPSA) is 29.5 Å². The molecule has 86 valence electrons. The van der Waals surface area contributed by atoms with Crippen LogP contribution >= 0.6 is 0 Å². The first-order valence-corrected chi connectivity index (χ1v) is 6.15. The lowest BCUT2D eigenvalue weighted by Crippen LogP contribution is -2.54. The van der Waals surface area contributed by atoms with Gasteiger partial charge in [-0.3, -0.25) is 4.79 Å². The summed E-state index contributed by atoms with van der Waals surface area (Å²) in [6.45, 7) is 4.97. The van der Waals surface area contributed by atoms with Crippen LogP contribution in [0.5, 0.6) is 0 Å². The van der Waals surface area contributed by atoms with Gasteiger partial charge in [-0.05, 0) is 38.5 Å². The van der Waals surface area contributed by atoms with Crippen LogP contribution < -0.4 is 0 Å². The van der Waals surface area contributed by atoms with Gasteiger partial charge in [-0.25, -0.2) is 0 Å². The fourth-order valence-corrected chi connectivity index (χ4v) is 2.95. The minimum atomic E-state index is 0.0524. The Morgan fingerprint density at radius 1 is 1.47 bits per heavy atom. The second kappa shape index (κ2) is 4.52. The highest BCUT2D eigenvalue weighted by Crippen LogP contribution is 2.34. The second-order valence-corrected chi connectivity index (χ2v) is 4.83. The molecule has 0 N–H and O–H groups in total. The van der Waals surface area contributed by atoms with Gasteiger partial charge in [0.2, 0.25) is 5.91 Å². The first-order valence-electron chi connectivity index (χ1n) is 6.15. The van der Waals surface area contributed by atoms with Crippen molar-refractivity contribution in [1.82, 2.24) is 4.90 Å². The Kier molecular flexibility index (Phi) is 3.29. The average molecular weight is 211 g/mol. The molecule has 0 aromatic rings. The van der Waals surface area contributed by atoms with Gasteiger partial charge in [0.15, 0.2) is 0 Å². The second-order valence-electron chi connectivity index (χ2n) is 4.83. The van der Waals surface area contributed by atoms with Crippen molar-refractivity contribution >= 4 is 5.91 Å². The lowest BCUT2D eigenvalue weighted by Gasteiger charge is -2.46. The summed E-state index contributed by atoms with van der Waals surface area (Å²) in [5, 5.41) is 0. The Labute approximate surface area is 91.8 Å². The van der Waals surface area contributed by atoms with Crippen molar-refractivity contribution in [1.29, 1.82) is 0 Å². The summed E-state index contributed by atoms with van der Waals surface area (Å²) in [6, 6.07) is 0.451. The van der Waals surface area contributed by atoms with E-state index in [2.05, 4.69) is 6.92 Å². The minimum absolute atomic E-state index is 0.0524. The van der Waals surface area contributed by atoms with Crippen LogP contribution in [0.1, 0.15) is 46.0 Å². The van der Waals surface area contributed by atoms with Crippen LogP contribution in [-0.4, -0.2) is 29.7 Å². The number of hydrogen-bond donors (Lipinski definition) is 0. The first-order chi connectivity index (χ1) is 7.22. The van der Waals surface area contributed by atoms with Crippen LogP contribution in [0.25, 0.3) is 0 Å². The van der Waals surface area contributed by atoms with E-state index in [0.717, 1.165) is 19.3 Å². The zero-order valence-corrected chi connectivity index (χ0v) is 9.74. The molecule has 0 aliphatic carbocycles. The van der Waals surface area contributed by atoms with E-state index >= 15 is 0 Å².